The Kier molecular flexibility index (Phi) is 18.7. The highest BCUT2D eigenvalue weighted by Gasteiger charge is 2.29. The van der Waals surface area contributed by atoms with Crippen LogP contribution in [0, 0.1) is 47.3 Å². The Balaban J connectivity index is 0.000000293. The summed E-state index contributed by atoms with van der Waals surface area (Å²) < 4.78 is 0. The van der Waals surface area contributed by atoms with Gasteiger partial charge in [-0.05, 0) is 128 Å². The first-order chi connectivity index (χ1) is 20.4. The molecule has 0 amide bonds. The minimum absolute atomic E-state index is 0.128. The van der Waals surface area contributed by atoms with Gasteiger partial charge in [0.05, 0.1) is 24.4 Å². The molecule has 0 unspecified atom stereocenters. The van der Waals surface area contributed by atoms with Crippen LogP contribution in [-0.4, -0.2) is 44.8 Å². The van der Waals surface area contributed by atoms with Gasteiger partial charge < -0.3 is 20.4 Å². The number of aliphatic hydroxyl groups excluding tert-OH is 4. The van der Waals surface area contributed by atoms with Gasteiger partial charge in [-0.2, -0.15) is 0 Å². The first-order valence-electron chi connectivity index (χ1n) is 17.8. The first kappa shape index (κ1) is 40.8. The molecular weight excluding hydrogens is 544 g/mol. The highest BCUT2D eigenvalue weighted by molar-refractivity contribution is 5.03. The van der Waals surface area contributed by atoms with Crippen molar-refractivity contribution in [1.82, 2.24) is 0 Å². The fourth-order valence-electron chi connectivity index (χ4n) is 7.70. The van der Waals surface area contributed by atoms with Gasteiger partial charge in [0.15, 0.2) is 0 Å². The molecule has 0 aromatic carbocycles. The minimum atomic E-state index is -0.128. The molecule has 12 atom stereocenters. The van der Waals surface area contributed by atoms with E-state index in [0.717, 1.165) is 73.7 Å². The molecule has 256 valence electrons. The van der Waals surface area contributed by atoms with E-state index in [1.54, 1.807) is 0 Å². The maximum Gasteiger partial charge on any atom is 0.0607 e. The summed E-state index contributed by atoms with van der Waals surface area (Å²) in [6.45, 7) is 32.5. The minimum Gasteiger partial charge on any atom is -0.392 e. The van der Waals surface area contributed by atoms with E-state index in [1.165, 1.54) is 25.7 Å². The second-order valence-electron chi connectivity index (χ2n) is 15.8. The van der Waals surface area contributed by atoms with Crippen LogP contribution in [0.15, 0.2) is 48.6 Å². The van der Waals surface area contributed by atoms with Crippen LogP contribution in [0.25, 0.3) is 0 Å². The molecule has 4 rings (SSSR count). The Labute approximate surface area is 272 Å². The smallest absolute Gasteiger partial charge is 0.0607 e. The van der Waals surface area contributed by atoms with Crippen LogP contribution in [0.5, 0.6) is 0 Å². The second-order valence-corrected chi connectivity index (χ2v) is 15.8. The molecule has 0 aromatic rings. The molecular formula is C40H72O4. The number of aliphatic hydroxyl groups is 4. The molecule has 4 aliphatic rings. The van der Waals surface area contributed by atoms with Crippen LogP contribution in [0.3, 0.4) is 0 Å². The lowest BCUT2D eigenvalue weighted by atomic mass is 9.78. The van der Waals surface area contributed by atoms with Crippen molar-refractivity contribution in [3.05, 3.63) is 48.6 Å². The largest absolute Gasteiger partial charge is 0.392 e. The Morgan fingerprint density at radius 3 is 0.636 bits per heavy atom. The molecule has 0 aliphatic heterocycles. The van der Waals surface area contributed by atoms with E-state index in [9.17, 15) is 20.4 Å². The number of hydrogen-bond donors (Lipinski definition) is 4. The molecule has 4 fully saturated rings. The summed E-state index contributed by atoms with van der Waals surface area (Å²) in [5.41, 5.74) is 4.57. The van der Waals surface area contributed by atoms with Gasteiger partial charge in [0.2, 0.25) is 0 Å². The summed E-state index contributed by atoms with van der Waals surface area (Å²) in [7, 11) is 0. The maximum atomic E-state index is 9.65. The van der Waals surface area contributed by atoms with Gasteiger partial charge in [-0.25, -0.2) is 0 Å². The average Bonchev–Trinajstić information content (AvgIpc) is 2.89. The molecule has 44 heavy (non-hydrogen) atoms. The summed E-state index contributed by atoms with van der Waals surface area (Å²) in [6, 6.07) is 0. The Hall–Kier alpha value is -1.20. The van der Waals surface area contributed by atoms with Crippen LogP contribution in [0.2, 0.25) is 0 Å². The molecule has 0 aromatic heterocycles. The van der Waals surface area contributed by atoms with E-state index in [2.05, 4.69) is 54.0 Å². The van der Waals surface area contributed by atoms with Crippen LogP contribution < -0.4 is 0 Å². The van der Waals surface area contributed by atoms with Gasteiger partial charge in [-0.15, -0.1) is 0 Å². The van der Waals surface area contributed by atoms with Crippen LogP contribution in [0.4, 0.5) is 0 Å². The number of rotatable bonds is 4. The van der Waals surface area contributed by atoms with E-state index in [1.807, 2.05) is 27.7 Å². The predicted octanol–water partition coefficient (Wildman–Crippen LogP) is 9.44. The fourth-order valence-corrected chi connectivity index (χ4v) is 7.70. The average molecular weight is 617 g/mol. The van der Waals surface area contributed by atoms with Gasteiger partial charge in [-0.1, -0.05) is 76.3 Å². The van der Waals surface area contributed by atoms with E-state index in [-0.39, 0.29) is 24.4 Å². The Morgan fingerprint density at radius 2 is 0.523 bits per heavy atom. The third-order valence-electron chi connectivity index (χ3n) is 10.8. The van der Waals surface area contributed by atoms with Gasteiger partial charge in [0, 0.05) is 23.7 Å². The van der Waals surface area contributed by atoms with Gasteiger partial charge >= 0.3 is 0 Å². The summed E-state index contributed by atoms with van der Waals surface area (Å²) in [6.07, 6.45) is 12.8. The fraction of sp³-hybridized carbons (Fsp3) is 0.800. The lowest BCUT2D eigenvalue weighted by Crippen LogP contribution is -2.28. The lowest BCUT2D eigenvalue weighted by Gasteiger charge is -2.31. The predicted molar refractivity (Wildman–Crippen MR) is 189 cm³/mol. The Morgan fingerprint density at radius 1 is 0.364 bits per heavy atom. The van der Waals surface area contributed by atoms with Crippen molar-refractivity contribution in [2.24, 2.45) is 47.3 Å². The normalized spacial score (nSPS) is 38.6. The monoisotopic (exact) mass is 617 g/mol. The van der Waals surface area contributed by atoms with Gasteiger partial charge in [0.1, 0.15) is 0 Å². The van der Waals surface area contributed by atoms with Crippen molar-refractivity contribution in [3.8, 4) is 0 Å². The third kappa shape index (κ3) is 14.5. The van der Waals surface area contributed by atoms with Crippen molar-refractivity contribution >= 4 is 0 Å². The van der Waals surface area contributed by atoms with E-state index in [4.69, 9.17) is 0 Å². The zero-order valence-electron chi connectivity index (χ0n) is 30.0. The maximum absolute atomic E-state index is 9.65. The molecule has 0 heterocycles. The zero-order valence-corrected chi connectivity index (χ0v) is 30.0. The summed E-state index contributed by atoms with van der Waals surface area (Å²) in [5, 5.41) is 38.6. The van der Waals surface area contributed by atoms with E-state index >= 15 is 0 Å². The lowest BCUT2D eigenvalue weighted by molar-refractivity contribution is 0.0653. The van der Waals surface area contributed by atoms with Crippen LogP contribution >= 0.6 is 0 Å². The highest BCUT2D eigenvalue weighted by Crippen LogP contribution is 2.35. The standard InChI is InChI=1S/4C10H18O/c4*1-7(2)9-5-4-8(3)6-10(9)11/h4*8-11H,1,4-6H2,2-3H3/t8-,9+,10+;8-,9+,10-;8-,9-,10+;8-,9-,10-/m1111/s1. The molecule has 4 nitrogen and oxygen atoms in total. The van der Waals surface area contributed by atoms with Crippen molar-refractivity contribution in [2.45, 2.75) is 157 Å². The van der Waals surface area contributed by atoms with Crippen molar-refractivity contribution in [1.29, 1.82) is 0 Å². The van der Waals surface area contributed by atoms with Gasteiger partial charge in [-0.3, -0.25) is 0 Å². The summed E-state index contributed by atoms with van der Waals surface area (Å²) in [4.78, 5) is 0. The molecule has 4 aliphatic carbocycles. The molecule has 0 radical (unpaired) electrons. The first-order valence-corrected chi connectivity index (χ1v) is 17.8. The van der Waals surface area contributed by atoms with Crippen LogP contribution in [0.1, 0.15) is 132 Å². The quantitative estimate of drug-likeness (QED) is 0.237. The van der Waals surface area contributed by atoms with Crippen molar-refractivity contribution in [2.75, 3.05) is 0 Å². The summed E-state index contributed by atoms with van der Waals surface area (Å²) >= 11 is 0. The van der Waals surface area contributed by atoms with Crippen molar-refractivity contribution in [3.63, 3.8) is 0 Å². The number of hydrogen-bond acceptors (Lipinski definition) is 4. The Bertz CT molecular complexity index is 748. The van der Waals surface area contributed by atoms with Crippen LogP contribution in [-0.2, 0) is 0 Å². The summed E-state index contributed by atoms with van der Waals surface area (Å²) in [5.74, 6) is 4.25. The molecule has 0 saturated heterocycles. The SMILES string of the molecule is C=C(C)[C@@H]1CC[C@@H](C)C[C@@H]1O.C=C(C)[C@@H]1CC[C@@H](C)C[C@H]1O.C=C(C)[C@H]1CC[C@@H](C)C[C@@H]1O.C=C(C)[C@H]1CC[C@@H](C)C[C@H]1O. The van der Waals surface area contributed by atoms with E-state index < -0.39 is 0 Å². The van der Waals surface area contributed by atoms with Crippen molar-refractivity contribution < 1.29 is 20.4 Å². The second kappa shape index (κ2) is 20.1. The molecule has 4 saturated carbocycles. The van der Waals surface area contributed by atoms with E-state index in [0.29, 0.717) is 47.3 Å². The van der Waals surface area contributed by atoms with Gasteiger partial charge in [0.25, 0.3) is 0 Å². The topological polar surface area (TPSA) is 80.9 Å². The highest BCUT2D eigenvalue weighted by atomic mass is 16.3. The third-order valence-corrected chi connectivity index (χ3v) is 10.8. The zero-order chi connectivity index (χ0) is 33.7. The molecule has 0 spiro atoms. The molecule has 4 heteroatoms. The molecule has 4 N–H and O–H groups in total. The molecule has 0 bridgehead atoms.